The van der Waals surface area contributed by atoms with Crippen LogP contribution in [0.5, 0.6) is 5.75 Å². The van der Waals surface area contributed by atoms with Gasteiger partial charge in [0.15, 0.2) is 9.84 Å². The Bertz CT molecular complexity index is 839. The average Bonchev–Trinajstić information content (AvgIpc) is 3.17. The summed E-state index contributed by atoms with van der Waals surface area (Å²) < 4.78 is 29.0. The van der Waals surface area contributed by atoms with Crippen LogP contribution in [0, 0.1) is 5.92 Å². The highest BCUT2D eigenvalue weighted by Crippen LogP contribution is 2.34. The fraction of sp³-hybridized carbons (Fsp3) is 0.556. The van der Waals surface area contributed by atoms with Crippen LogP contribution in [0.3, 0.4) is 0 Å². The van der Waals surface area contributed by atoms with Gasteiger partial charge < -0.3 is 9.64 Å². The monoisotopic (exact) mass is 395 g/mol. The van der Waals surface area contributed by atoms with Crippen LogP contribution in [-0.2, 0) is 19.4 Å². The van der Waals surface area contributed by atoms with Gasteiger partial charge >= 0.3 is 0 Å². The van der Waals surface area contributed by atoms with E-state index < -0.39 is 15.8 Å². The average molecular weight is 395 g/mol. The molecule has 2 saturated heterocycles. The molecule has 0 spiro atoms. The number of anilines is 1. The molecule has 2 amide bonds. The van der Waals surface area contributed by atoms with Gasteiger partial charge in [0.1, 0.15) is 5.75 Å². The van der Waals surface area contributed by atoms with Crippen molar-refractivity contribution in [3.8, 4) is 5.75 Å². The predicted octanol–water partition coefficient (Wildman–Crippen LogP) is 0.540. The summed E-state index contributed by atoms with van der Waals surface area (Å²) in [6.07, 6.45) is 0.518. The van der Waals surface area contributed by atoms with Crippen molar-refractivity contribution in [3.63, 3.8) is 0 Å². The summed E-state index contributed by atoms with van der Waals surface area (Å²) in [5, 5.41) is 3.14. The summed E-state index contributed by atoms with van der Waals surface area (Å²) in [5.41, 5.74) is 0.639. The second kappa shape index (κ2) is 7.47. The van der Waals surface area contributed by atoms with Gasteiger partial charge in [-0.25, -0.2) is 13.4 Å². The van der Waals surface area contributed by atoms with Crippen molar-refractivity contribution in [3.05, 3.63) is 24.3 Å². The molecule has 3 rings (SSSR count). The number of benzene rings is 1. The number of methoxy groups -OCH3 is 1. The number of hydrogen-bond donors (Lipinski definition) is 0. The van der Waals surface area contributed by atoms with Crippen LogP contribution in [0.4, 0.5) is 5.69 Å². The first-order valence-corrected chi connectivity index (χ1v) is 10.7. The third kappa shape index (κ3) is 3.93. The number of amides is 2. The summed E-state index contributed by atoms with van der Waals surface area (Å²) in [5.74, 6) is -0.248. The number of carbonyl (C=O) groups is 2. The van der Waals surface area contributed by atoms with Crippen molar-refractivity contribution >= 4 is 27.3 Å². The topological polar surface area (TPSA) is 87.2 Å². The van der Waals surface area contributed by atoms with Crippen LogP contribution in [0.2, 0.25) is 0 Å². The van der Waals surface area contributed by atoms with E-state index in [2.05, 4.69) is 0 Å². The Balaban J connectivity index is 1.80. The van der Waals surface area contributed by atoms with Gasteiger partial charge in [-0.05, 0) is 18.6 Å². The highest BCUT2D eigenvalue weighted by Gasteiger charge is 2.43. The normalized spacial score (nSPS) is 24.4. The zero-order chi connectivity index (χ0) is 19.8. The first kappa shape index (κ1) is 19.6. The minimum Gasteiger partial charge on any atom is -0.495 e. The smallest absolute Gasteiger partial charge is 0.242 e. The van der Waals surface area contributed by atoms with Gasteiger partial charge in [-0.1, -0.05) is 12.1 Å². The van der Waals surface area contributed by atoms with Gasteiger partial charge in [0, 0.05) is 27.1 Å². The van der Waals surface area contributed by atoms with E-state index >= 15 is 0 Å². The quantitative estimate of drug-likeness (QED) is 0.677. The number of hydrogen-bond acceptors (Lipinski definition) is 6. The number of ether oxygens (including phenoxy) is 1. The Morgan fingerprint density at radius 1 is 1.26 bits per heavy atom. The molecule has 2 atom stereocenters. The maximum atomic E-state index is 13.1. The van der Waals surface area contributed by atoms with Gasteiger partial charge in [0.2, 0.25) is 11.8 Å². The molecule has 0 aliphatic carbocycles. The van der Waals surface area contributed by atoms with Crippen LogP contribution < -0.4 is 9.64 Å². The predicted molar refractivity (Wildman–Crippen MR) is 101 cm³/mol. The van der Waals surface area contributed by atoms with E-state index in [1.54, 1.807) is 36.1 Å². The molecule has 0 unspecified atom stereocenters. The highest BCUT2D eigenvalue weighted by molar-refractivity contribution is 7.91. The largest absolute Gasteiger partial charge is 0.495 e. The highest BCUT2D eigenvalue weighted by atomic mass is 32.2. The van der Waals surface area contributed by atoms with Crippen LogP contribution in [0.15, 0.2) is 24.3 Å². The lowest BCUT2D eigenvalue weighted by Crippen LogP contribution is -2.52. The second-order valence-corrected chi connectivity index (χ2v) is 9.39. The van der Waals surface area contributed by atoms with Crippen molar-refractivity contribution in [1.82, 2.24) is 10.0 Å². The van der Waals surface area contributed by atoms with Crippen LogP contribution in [0.25, 0.3) is 0 Å². The molecule has 0 aromatic heterocycles. The van der Waals surface area contributed by atoms with Crippen LogP contribution in [-0.4, -0.2) is 75.5 Å². The van der Waals surface area contributed by atoms with E-state index in [-0.39, 0.29) is 42.3 Å². The molecule has 2 fully saturated rings. The molecule has 2 heterocycles. The molecule has 148 valence electrons. The summed E-state index contributed by atoms with van der Waals surface area (Å²) >= 11 is 0. The molecule has 8 nitrogen and oxygen atoms in total. The van der Waals surface area contributed by atoms with Crippen molar-refractivity contribution < 1.29 is 22.7 Å². The molecular weight excluding hydrogens is 370 g/mol. The van der Waals surface area contributed by atoms with Gasteiger partial charge in [0.25, 0.3) is 0 Å². The summed E-state index contributed by atoms with van der Waals surface area (Å²) in [4.78, 5) is 27.3. The summed E-state index contributed by atoms with van der Waals surface area (Å²) in [7, 11) is 1.86. The molecule has 1 aromatic carbocycles. The Hall–Kier alpha value is -2.13. The SMILES string of the molecule is COc1ccccc1N1C[C@H](C(=O)N([C@@H]2CCS(=O)(=O)C2)N(C)C)CC1=O. The Labute approximate surface area is 159 Å². The lowest BCUT2D eigenvalue weighted by Gasteiger charge is -2.35. The van der Waals surface area contributed by atoms with E-state index in [1.165, 1.54) is 12.1 Å². The minimum absolute atomic E-state index is 0.0339. The standard InChI is InChI=1S/C18H25N3O5S/c1-19(2)21(14-8-9-27(24,25)12-14)18(23)13-10-17(22)20(11-13)15-6-4-5-7-16(15)26-3/h4-7,13-14H,8-12H2,1-3H3/t13-,14-/m1/s1. The van der Waals surface area contributed by atoms with Crippen LogP contribution in [0.1, 0.15) is 12.8 Å². The lowest BCUT2D eigenvalue weighted by molar-refractivity contribution is -0.153. The number of para-hydroxylation sites is 2. The van der Waals surface area contributed by atoms with Crippen molar-refractivity contribution in [1.29, 1.82) is 0 Å². The number of hydrazine groups is 1. The van der Waals surface area contributed by atoms with Gasteiger partial charge in [-0.3, -0.25) is 14.6 Å². The molecular formula is C18H25N3O5S. The fourth-order valence-electron chi connectivity index (χ4n) is 3.82. The Kier molecular flexibility index (Phi) is 5.43. The molecule has 1 aromatic rings. The molecule has 2 aliphatic rings. The zero-order valence-corrected chi connectivity index (χ0v) is 16.6. The molecule has 9 heteroatoms. The third-order valence-corrected chi connectivity index (χ3v) is 6.81. The van der Waals surface area contributed by atoms with E-state index in [4.69, 9.17) is 4.74 Å². The van der Waals surface area contributed by atoms with Gasteiger partial charge in [-0.15, -0.1) is 0 Å². The molecule has 0 N–H and O–H groups in total. The third-order valence-electron chi connectivity index (χ3n) is 5.06. The maximum Gasteiger partial charge on any atom is 0.242 e. The van der Waals surface area contributed by atoms with E-state index in [1.807, 2.05) is 12.1 Å². The van der Waals surface area contributed by atoms with Gasteiger partial charge in [-0.2, -0.15) is 0 Å². The maximum absolute atomic E-state index is 13.1. The molecule has 2 aliphatic heterocycles. The van der Waals surface area contributed by atoms with Crippen molar-refractivity contribution in [2.75, 3.05) is 44.2 Å². The summed E-state index contributed by atoms with van der Waals surface area (Å²) in [6.45, 7) is 0.252. The summed E-state index contributed by atoms with van der Waals surface area (Å²) in [6, 6.07) is 6.81. The zero-order valence-electron chi connectivity index (χ0n) is 15.8. The molecule has 0 bridgehead atoms. The van der Waals surface area contributed by atoms with Gasteiger partial charge in [0.05, 0.1) is 36.3 Å². The second-order valence-electron chi connectivity index (χ2n) is 7.16. The van der Waals surface area contributed by atoms with E-state index in [0.29, 0.717) is 17.9 Å². The Morgan fingerprint density at radius 3 is 2.56 bits per heavy atom. The Morgan fingerprint density at radius 2 is 1.96 bits per heavy atom. The first-order chi connectivity index (χ1) is 12.7. The molecule has 0 radical (unpaired) electrons. The lowest BCUT2D eigenvalue weighted by atomic mass is 10.1. The number of sulfone groups is 1. The van der Waals surface area contributed by atoms with Crippen molar-refractivity contribution in [2.45, 2.75) is 18.9 Å². The number of rotatable bonds is 5. The van der Waals surface area contributed by atoms with E-state index in [9.17, 15) is 18.0 Å². The van der Waals surface area contributed by atoms with Crippen LogP contribution >= 0.6 is 0 Å². The van der Waals surface area contributed by atoms with E-state index in [0.717, 1.165) is 0 Å². The molecule has 0 saturated carbocycles. The minimum atomic E-state index is -3.12. The molecule has 27 heavy (non-hydrogen) atoms. The fourth-order valence-corrected chi connectivity index (χ4v) is 5.51. The number of nitrogens with zero attached hydrogens (tertiary/aromatic N) is 3. The number of carbonyl (C=O) groups excluding carboxylic acids is 2. The van der Waals surface area contributed by atoms with Crippen molar-refractivity contribution in [2.24, 2.45) is 5.92 Å². The first-order valence-electron chi connectivity index (χ1n) is 8.87.